The molecule has 0 bridgehead atoms. The van der Waals surface area contributed by atoms with Crippen molar-refractivity contribution in [2.24, 2.45) is 0 Å². The third-order valence-electron chi connectivity index (χ3n) is 3.76. The minimum absolute atomic E-state index is 0.0718. The lowest BCUT2D eigenvalue weighted by Gasteiger charge is -2.23. The van der Waals surface area contributed by atoms with Crippen LogP contribution in [-0.2, 0) is 14.3 Å². The molecule has 6 heteroatoms. The van der Waals surface area contributed by atoms with Crippen molar-refractivity contribution >= 4 is 11.9 Å². The van der Waals surface area contributed by atoms with Crippen molar-refractivity contribution in [2.45, 2.75) is 37.9 Å². The number of hydrogen-bond acceptors (Lipinski definition) is 4. The molecule has 0 aliphatic carbocycles. The van der Waals surface area contributed by atoms with Crippen LogP contribution in [0.25, 0.3) is 0 Å². The van der Waals surface area contributed by atoms with Gasteiger partial charge in [-0.05, 0) is 32.7 Å². The number of aliphatic carboxylic acids is 1. The van der Waals surface area contributed by atoms with E-state index in [0.29, 0.717) is 19.5 Å². The first-order chi connectivity index (χ1) is 9.06. The zero-order chi connectivity index (χ0) is 13.8. The van der Waals surface area contributed by atoms with Crippen LogP contribution in [0.3, 0.4) is 0 Å². The molecule has 2 unspecified atom stereocenters. The number of carbonyl (C=O) groups excluding carboxylic acids is 1. The summed E-state index contributed by atoms with van der Waals surface area (Å²) in [5.74, 6) is -0.730. The van der Waals surface area contributed by atoms with Crippen molar-refractivity contribution in [1.82, 2.24) is 9.80 Å². The molecular formula is C13H22N2O4. The summed E-state index contributed by atoms with van der Waals surface area (Å²) >= 11 is 0. The number of rotatable bonds is 5. The van der Waals surface area contributed by atoms with Crippen molar-refractivity contribution in [2.75, 3.05) is 33.2 Å². The molecule has 2 atom stereocenters. The van der Waals surface area contributed by atoms with E-state index < -0.39 is 12.1 Å². The second-order valence-electron chi connectivity index (χ2n) is 5.45. The quantitative estimate of drug-likeness (QED) is 0.771. The van der Waals surface area contributed by atoms with E-state index in [9.17, 15) is 9.59 Å². The summed E-state index contributed by atoms with van der Waals surface area (Å²) in [6.45, 7) is 2.74. The van der Waals surface area contributed by atoms with Crippen LogP contribution in [0.4, 0.5) is 0 Å². The van der Waals surface area contributed by atoms with Crippen molar-refractivity contribution in [3.8, 4) is 0 Å². The van der Waals surface area contributed by atoms with Crippen molar-refractivity contribution in [3.63, 3.8) is 0 Å². The van der Waals surface area contributed by atoms with Crippen LogP contribution in [0.5, 0.6) is 0 Å². The third-order valence-corrected chi connectivity index (χ3v) is 3.76. The maximum Gasteiger partial charge on any atom is 0.332 e. The van der Waals surface area contributed by atoms with Gasteiger partial charge in [0.25, 0.3) is 0 Å². The molecule has 1 N–H and O–H groups in total. The Morgan fingerprint density at radius 1 is 1.32 bits per heavy atom. The molecule has 0 aromatic heterocycles. The highest BCUT2D eigenvalue weighted by Crippen LogP contribution is 2.20. The maximum atomic E-state index is 12.0. The summed E-state index contributed by atoms with van der Waals surface area (Å²) in [6, 6.07) is 0. The van der Waals surface area contributed by atoms with E-state index in [-0.39, 0.29) is 12.0 Å². The Balaban J connectivity index is 1.71. The smallest absolute Gasteiger partial charge is 0.332 e. The van der Waals surface area contributed by atoms with Gasteiger partial charge in [0.1, 0.15) is 0 Å². The number of nitrogens with zero attached hydrogens (tertiary/aromatic N) is 2. The molecule has 2 rings (SSSR count). The lowest BCUT2D eigenvalue weighted by Crippen LogP contribution is -2.40. The molecule has 0 aromatic rings. The van der Waals surface area contributed by atoms with Gasteiger partial charge in [-0.3, -0.25) is 9.69 Å². The third kappa shape index (κ3) is 3.91. The molecule has 6 nitrogen and oxygen atoms in total. The average Bonchev–Trinajstić information content (AvgIpc) is 2.98. The number of carboxylic acids is 1. The van der Waals surface area contributed by atoms with Crippen LogP contribution in [0.15, 0.2) is 0 Å². The monoisotopic (exact) mass is 270 g/mol. The van der Waals surface area contributed by atoms with Gasteiger partial charge in [-0.1, -0.05) is 0 Å². The normalized spacial score (nSPS) is 27.2. The Hall–Kier alpha value is -1.14. The van der Waals surface area contributed by atoms with Gasteiger partial charge < -0.3 is 14.7 Å². The standard InChI is InChI=1S/C13H22N2O4/c1-14(9-12(16)15-6-2-3-7-15)8-10-4-5-11(19-10)13(17)18/h10-11H,2-9H2,1H3,(H,17,18). The lowest BCUT2D eigenvalue weighted by molar-refractivity contribution is -0.150. The molecule has 2 heterocycles. The topological polar surface area (TPSA) is 70.1 Å². The number of likely N-dealkylation sites (tertiary alicyclic amines) is 1. The van der Waals surface area contributed by atoms with Gasteiger partial charge in [0, 0.05) is 19.6 Å². The average molecular weight is 270 g/mol. The zero-order valence-electron chi connectivity index (χ0n) is 11.4. The predicted molar refractivity (Wildman–Crippen MR) is 68.8 cm³/mol. The van der Waals surface area contributed by atoms with E-state index in [0.717, 1.165) is 32.4 Å². The molecule has 0 aromatic carbocycles. The molecule has 0 saturated carbocycles. The minimum atomic E-state index is -0.890. The van der Waals surface area contributed by atoms with Crippen LogP contribution < -0.4 is 0 Å². The second-order valence-corrected chi connectivity index (χ2v) is 5.45. The van der Waals surface area contributed by atoms with E-state index >= 15 is 0 Å². The van der Waals surface area contributed by atoms with Gasteiger partial charge in [-0.2, -0.15) is 0 Å². The summed E-state index contributed by atoms with van der Waals surface area (Å²) in [5.41, 5.74) is 0. The van der Waals surface area contributed by atoms with E-state index in [4.69, 9.17) is 9.84 Å². The predicted octanol–water partition coefficient (Wildman–Crippen LogP) is 0.173. The number of hydrogen-bond donors (Lipinski definition) is 1. The van der Waals surface area contributed by atoms with Gasteiger partial charge >= 0.3 is 5.97 Å². The van der Waals surface area contributed by atoms with Crippen LogP contribution in [0.2, 0.25) is 0 Å². The van der Waals surface area contributed by atoms with Crippen molar-refractivity contribution in [1.29, 1.82) is 0 Å². The van der Waals surface area contributed by atoms with E-state index in [2.05, 4.69) is 0 Å². The lowest BCUT2D eigenvalue weighted by atomic mass is 10.2. The molecular weight excluding hydrogens is 248 g/mol. The molecule has 2 aliphatic heterocycles. The second kappa shape index (κ2) is 6.34. The first-order valence-corrected chi connectivity index (χ1v) is 6.91. The highest BCUT2D eigenvalue weighted by atomic mass is 16.5. The molecule has 2 aliphatic rings. The highest BCUT2D eigenvalue weighted by molar-refractivity contribution is 5.78. The Morgan fingerprint density at radius 2 is 2.00 bits per heavy atom. The Kier molecular flexibility index (Phi) is 4.76. The first-order valence-electron chi connectivity index (χ1n) is 6.91. The fraction of sp³-hybridized carbons (Fsp3) is 0.846. The Labute approximate surface area is 113 Å². The molecule has 0 radical (unpaired) electrons. The molecule has 2 fully saturated rings. The Bertz CT molecular complexity index is 342. The summed E-state index contributed by atoms with van der Waals surface area (Å²) in [6.07, 6.45) is 2.76. The van der Waals surface area contributed by atoms with Gasteiger partial charge in [-0.25, -0.2) is 4.79 Å². The van der Waals surface area contributed by atoms with Gasteiger partial charge in [0.2, 0.25) is 5.91 Å². The number of carboxylic acid groups (broad SMARTS) is 1. The van der Waals surface area contributed by atoms with Gasteiger partial charge in [0.15, 0.2) is 6.10 Å². The van der Waals surface area contributed by atoms with Crippen LogP contribution >= 0.6 is 0 Å². The zero-order valence-corrected chi connectivity index (χ0v) is 11.4. The van der Waals surface area contributed by atoms with E-state index in [1.807, 2.05) is 16.8 Å². The number of likely N-dealkylation sites (N-methyl/N-ethyl adjacent to an activating group) is 1. The number of ether oxygens (including phenoxy) is 1. The fourth-order valence-electron chi connectivity index (χ4n) is 2.73. The molecule has 1 amide bonds. The van der Waals surface area contributed by atoms with Gasteiger partial charge in [0.05, 0.1) is 12.6 Å². The summed E-state index contributed by atoms with van der Waals surface area (Å²) in [5, 5.41) is 8.85. The molecule has 19 heavy (non-hydrogen) atoms. The van der Waals surface area contributed by atoms with Crippen LogP contribution in [-0.4, -0.2) is 72.2 Å². The molecule has 2 saturated heterocycles. The van der Waals surface area contributed by atoms with E-state index in [1.165, 1.54) is 0 Å². The van der Waals surface area contributed by atoms with Crippen molar-refractivity contribution < 1.29 is 19.4 Å². The van der Waals surface area contributed by atoms with Crippen molar-refractivity contribution in [3.05, 3.63) is 0 Å². The Morgan fingerprint density at radius 3 is 2.58 bits per heavy atom. The number of carbonyl (C=O) groups is 2. The SMILES string of the molecule is CN(CC(=O)N1CCCC1)CC1CCC(C(=O)O)O1. The highest BCUT2D eigenvalue weighted by Gasteiger charge is 2.31. The summed E-state index contributed by atoms with van der Waals surface area (Å²) in [4.78, 5) is 26.6. The number of amides is 1. The first kappa shape index (κ1) is 14.3. The minimum Gasteiger partial charge on any atom is -0.479 e. The molecule has 108 valence electrons. The fourth-order valence-corrected chi connectivity index (χ4v) is 2.73. The largest absolute Gasteiger partial charge is 0.479 e. The van der Waals surface area contributed by atoms with Crippen LogP contribution in [0.1, 0.15) is 25.7 Å². The van der Waals surface area contributed by atoms with Gasteiger partial charge in [-0.15, -0.1) is 0 Å². The summed E-state index contributed by atoms with van der Waals surface area (Å²) in [7, 11) is 1.88. The summed E-state index contributed by atoms with van der Waals surface area (Å²) < 4.78 is 5.43. The maximum absolute atomic E-state index is 12.0. The molecule has 0 spiro atoms. The van der Waals surface area contributed by atoms with Crippen LogP contribution in [0, 0.1) is 0 Å². The van der Waals surface area contributed by atoms with E-state index in [1.54, 1.807) is 0 Å².